The summed E-state index contributed by atoms with van der Waals surface area (Å²) in [5.74, 6) is 1.83. The number of piperidine rings is 1. The first-order valence-electron chi connectivity index (χ1n) is 9.31. The van der Waals surface area contributed by atoms with E-state index < -0.39 is 6.09 Å². The minimum absolute atomic E-state index is 0.246. The molecular weight excluding hydrogens is 346 g/mol. The highest BCUT2D eigenvalue weighted by Crippen LogP contribution is 2.25. The molecule has 27 heavy (non-hydrogen) atoms. The Labute approximate surface area is 159 Å². The maximum absolute atomic E-state index is 11.8. The van der Waals surface area contributed by atoms with Gasteiger partial charge in [-0.25, -0.2) is 9.78 Å². The second-order valence-corrected chi connectivity index (χ2v) is 6.66. The number of ether oxygens (including phenoxy) is 2. The van der Waals surface area contributed by atoms with Gasteiger partial charge in [0.25, 0.3) is 0 Å². The highest BCUT2D eigenvalue weighted by atomic mass is 16.5. The number of carbonyl (C=O) groups is 1. The SMILES string of the molecule is COCCN1CCC(c2n[nH]c(CNC(=O)OCc3ccccc3)n2)CC1. The Morgan fingerprint density at radius 1 is 1.30 bits per heavy atom. The predicted molar refractivity (Wildman–Crippen MR) is 100 cm³/mol. The van der Waals surface area contributed by atoms with Gasteiger partial charge in [-0.2, -0.15) is 5.10 Å². The average molecular weight is 373 g/mol. The number of benzene rings is 1. The second kappa shape index (κ2) is 10.0. The van der Waals surface area contributed by atoms with Gasteiger partial charge in [-0.05, 0) is 31.5 Å². The lowest BCUT2D eigenvalue weighted by atomic mass is 9.96. The molecule has 2 N–H and O–H groups in total. The summed E-state index contributed by atoms with van der Waals surface area (Å²) in [6.07, 6.45) is 1.60. The Kier molecular flexibility index (Phi) is 7.18. The number of hydrogen-bond donors (Lipinski definition) is 2. The van der Waals surface area contributed by atoms with E-state index in [1.54, 1.807) is 7.11 Å². The van der Waals surface area contributed by atoms with Crippen molar-refractivity contribution < 1.29 is 14.3 Å². The fourth-order valence-electron chi connectivity index (χ4n) is 3.14. The number of hydrogen-bond acceptors (Lipinski definition) is 6. The molecule has 0 radical (unpaired) electrons. The van der Waals surface area contributed by atoms with Crippen LogP contribution in [0, 0.1) is 0 Å². The van der Waals surface area contributed by atoms with E-state index in [0.29, 0.717) is 11.7 Å². The third kappa shape index (κ3) is 6.04. The third-order valence-corrected chi connectivity index (χ3v) is 4.73. The highest BCUT2D eigenvalue weighted by Gasteiger charge is 2.23. The number of nitrogens with one attached hydrogen (secondary N) is 2. The number of amides is 1. The number of carbonyl (C=O) groups excluding carboxylic acids is 1. The largest absolute Gasteiger partial charge is 0.445 e. The van der Waals surface area contributed by atoms with Gasteiger partial charge >= 0.3 is 6.09 Å². The third-order valence-electron chi connectivity index (χ3n) is 4.73. The first kappa shape index (κ1) is 19.3. The summed E-state index contributed by atoms with van der Waals surface area (Å²) in [4.78, 5) is 18.7. The molecule has 0 saturated carbocycles. The molecule has 0 aliphatic carbocycles. The lowest BCUT2D eigenvalue weighted by Gasteiger charge is -2.30. The lowest BCUT2D eigenvalue weighted by molar-refractivity contribution is 0.129. The molecule has 3 rings (SSSR count). The van der Waals surface area contributed by atoms with Crippen LogP contribution in [0.5, 0.6) is 0 Å². The maximum atomic E-state index is 11.8. The molecule has 1 aromatic carbocycles. The Morgan fingerprint density at radius 3 is 2.81 bits per heavy atom. The standard InChI is InChI=1S/C19H27N5O3/c1-26-12-11-24-9-7-16(8-10-24)18-21-17(22-23-18)13-20-19(25)27-14-15-5-3-2-4-6-15/h2-6,16H,7-14H2,1H3,(H,20,25)(H,21,22,23). The van der Waals surface area contributed by atoms with Gasteiger partial charge in [0.15, 0.2) is 5.82 Å². The van der Waals surface area contributed by atoms with E-state index in [2.05, 4.69) is 25.4 Å². The molecule has 8 nitrogen and oxygen atoms in total. The van der Waals surface area contributed by atoms with E-state index >= 15 is 0 Å². The number of rotatable bonds is 8. The Hall–Kier alpha value is -2.45. The Balaban J connectivity index is 1.38. The number of nitrogens with zero attached hydrogens (tertiary/aromatic N) is 3. The summed E-state index contributed by atoms with van der Waals surface area (Å²) in [6.45, 7) is 4.31. The van der Waals surface area contributed by atoms with Gasteiger partial charge < -0.3 is 19.7 Å². The van der Waals surface area contributed by atoms with Gasteiger partial charge in [0, 0.05) is 19.6 Å². The van der Waals surface area contributed by atoms with Crippen LogP contribution in [0.1, 0.15) is 36.0 Å². The first-order chi connectivity index (χ1) is 13.2. The molecule has 8 heteroatoms. The summed E-state index contributed by atoms with van der Waals surface area (Å²) < 4.78 is 10.3. The van der Waals surface area contributed by atoms with E-state index in [1.807, 2.05) is 30.3 Å². The van der Waals surface area contributed by atoms with E-state index in [0.717, 1.165) is 50.5 Å². The van der Waals surface area contributed by atoms with Crippen molar-refractivity contribution in [1.82, 2.24) is 25.4 Å². The fourth-order valence-corrected chi connectivity index (χ4v) is 3.14. The Morgan fingerprint density at radius 2 is 2.07 bits per heavy atom. The minimum Gasteiger partial charge on any atom is -0.445 e. The summed E-state index contributed by atoms with van der Waals surface area (Å²) in [7, 11) is 1.73. The number of aromatic amines is 1. The maximum Gasteiger partial charge on any atom is 0.407 e. The predicted octanol–water partition coefficient (Wildman–Crippen LogP) is 2.06. The molecule has 1 saturated heterocycles. The second-order valence-electron chi connectivity index (χ2n) is 6.66. The van der Waals surface area contributed by atoms with Crippen molar-refractivity contribution in [3.8, 4) is 0 Å². The highest BCUT2D eigenvalue weighted by molar-refractivity contribution is 5.67. The van der Waals surface area contributed by atoms with Crippen molar-refractivity contribution >= 4 is 6.09 Å². The van der Waals surface area contributed by atoms with Crippen molar-refractivity contribution in [3.05, 3.63) is 47.5 Å². The molecule has 2 aromatic rings. The van der Waals surface area contributed by atoms with Crippen LogP contribution in [-0.4, -0.2) is 59.5 Å². The van der Waals surface area contributed by atoms with Crippen molar-refractivity contribution in [2.45, 2.75) is 31.9 Å². The van der Waals surface area contributed by atoms with Crippen molar-refractivity contribution in [3.63, 3.8) is 0 Å². The number of methoxy groups -OCH3 is 1. The van der Waals surface area contributed by atoms with Crippen LogP contribution >= 0.6 is 0 Å². The smallest absolute Gasteiger partial charge is 0.407 e. The normalized spacial score (nSPS) is 15.6. The zero-order valence-electron chi connectivity index (χ0n) is 15.7. The number of likely N-dealkylation sites (tertiary alicyclic amines) is 1. The Bertz CT molecular complexity index is 698. The molecule has 1 amide bonds. The quantitative estimate of drug-likeness (QED) is 0.736. The summed E-state index contributed by atoms with van der Waals surface area (Å²) >= 11 is 0. The van der Waals surface area contributed by atoms with Gasteiger partial charge in [0.2, 0.25) is 0 Å². The van der Waals surface area contributed by atoms with Crippen LogP contribution in [0.4, 0.5) is 4.79 Å². The van der Waals surface area contributed by atoms with Gasteiger partial charge in [-0.15, -0.1) is 0 Å². The zero-order valence-corrected chi connectivity index (χ0v) is 15.7. The topological polar surface area (TPSA) is 92.4 Å². The summed E-state index contributed by atoms with van der Waals surface area (Å²) in [5, 5.41) is 9.94. The summed E-state index contributed by atoms with van der Waals surface area (Å²) in [5.41, 5.74) is 0.950. The monoisotopic (exact) mass is 373 g/mol. The molecular formula is C19H27N5O3. The van der Waals surface area contributed by atoms with Gasteiger partial charge in [0.1, 0.15) is 12.4 Å². The van der Waals surface area contributed by atoms with Crippen LogP contribution < -0.4 is 5.32 Å². The van der Waals surface area contributed by atoms with Crippen LogP contribution in [0.15, 0.2) is 30.3 Å². The zero-order chi connectivity index (χ0) is 18.9. The first-order valence-corrected chi connectivity index (χ1v) is 9.31. The molecule has 0 atom stereocenters. The lowest BCUT2D eigenvalue weighted by Crippen LogP contribution is -2.35. The molecule has 146 valence electrons. The van der Waals surface area contributed by atoms with Crippen molar-refractivity contribution in [1.29, 1.82) is 0 Å². The minimum atomic E-state index is -0.469. The molecule has 2 heterocycles. The van der Waals surface area contributed by atoms with E-state index in [1.165, 1.54) is 0 Å². The molecule has 1 fully saturated rings. The van der Waals surface area contributed by atoms with Crippen LogP contribution in [0.2, 0.25) is 0 Å². The molecule has 0 unspecified atom stereocenters. The van der Waals surface area contributed by atoms with Gasteiger partial charge in [0.05, 0.1) is 13.2 Å². The van der Waals surface area contributed by atoms with E-state index in [-0.39, 0.29) is 13.2 Å². The average Bonchev–Trinajstić information content (AvgIpc) is 3.19. The van der Waals surface area contributed by atoms with E-state index in [9.17, 15) is 4.79 Å². The van der Waals surface area contributed by atoms with Crippen LogP contribution in [0.25, 0.3) is 0 Å². The number of aromatic nitrogens is 3. The van der Waals surface area contributed by atoms with Gasteiger partial charge in [-0.3, -0.25) is 5.10 Å². The van der Waals surface area contributed by atoms with Crippen LogP contribution in [0.3, 0.4) is 0 Å². The molecule has 1 aliphatic rings. The molecule has 0 bridgehead atoms. The molecule has 1 aliphatic heterocycles. The van der Waals surface area contributed by atoms with Crippen molar-refractivity contribution in [2.75, 3.05) is 33.4 Å². The molecule has 0 spiro atoms. The number of alkyl carbamates (subject to hydrolysis) is 1. The van der Waals surface area contributed by atoms with Crippen LogP contribution in [-0.2, 0) is 22.6 Å². The van der Waals surface area contributed by atoms with E-state index in [4.69, 9.17) is 9.47 Å². The number of H-pyrrole nitrogens is 1. The van der Waals surface area contributed by atoms with Crippen molar-refractivity contribution in [2.24, 2.45) is 0 Å². The molecule has 1 aromatic heterocycles. The van der Waals surface area contributed by atoms with Gasteiger partial charge in [-0.1, -0.05) is 30.3 Å². The summed E-state index contributed by atoms with van der Waals surface area (Å²) in [6, 6.07) is 9.57. The fraction of sp³-hybridized carbons (Fsp3) is 0.526.